The monoisotopic (exact) mass is 644 g/mol. The Bertz CT molecular complexity index is 3130. The van der Waals surface area contributed by atoms with Crippen molar-refractivity contribution in [2.45, 2.75) is 0 Å². The summed E-state index contributed by atoms with van der Waals surface area (Å²) in [7, 11) is 0. The molecule has 5 nitrogen and oxygen atoms in total. The number of nitrogens with zero attached hydrogens (tertiary/aromatic N) is 5. The highest BCUT2D eigenvalue weighted by Crippen LogP contribution is 2.39. The zero-order chi connectivity index (χ0) is 37.4. The fourth-order valence-electron chi connectivity index (χ4n) is 7.04. The number of hydrogen-bond acceptors (Lipinski definition) is 3. The summed E-state index contributed by atoms with van der Waals surface area (Å²) in [6, 6.07) is 46.8. The smallest absolute Gasteiger partial charge is 0.238 e. The lowest BCUT2D eigenvalue weighted by molar-refractivity contribution is 0.953. The van der Waals surface area contributed by atoms with Gasteiger partial charge in [-0.25, -0.2) is 4.98 Å². The molecule has 0 aliphatic carbocycles. The molecule has 0 aliphatic heterocycles. The highest BCUT2D eigenvalue weighted by molar-refractivity contribution is 6.19. The van der Waals surface area contributed by atoms with Gasteiger partial charge in [0, 0.05) is 38.4 Å². The predicted octanol–water partition coefficient (Wildman–Crippen LogP) is 11.1. The molecule has 7 aromatic carbocycles. The fraction of sp³-hybridized carbons (Fsp3) is 0. The summed E-state index contributed by atoms with van der Waals surface area (Å²) in [5.41, 5.74) is 7.37. The van der Waals surface area contributed by atoms with Gasteiger partial charge in [0.05, 0.1) is 28.9 Å². The predicted molar refractivity (Wildman–Crippen MR) is 205 cm³/mol. The van der Waals surface area contributed by atoms with E-state index in [1.54, 1.807) is 0 Å². The average Bonchev–Trinajstić information content (AvgIpc) is 3.74. The van der Waals surface area contributed by atoms with E-state index >= 15 is 0 Å². The van der Waals surface area contributed by atoms with E-state index in [0.29, 0.717) is 11.4 Å². The number of hydrogen-bond donors (Lipinski definition) is 0. The Labute approximate surface area is 295 Å². The first-order valence-corrected chi connectivity index (χ1v) is 16.4. The van der Waals surface area contributed by atoms with Gasteiger partial charge in [-0.2, -0.15) is 9.97 Å². The van der Waals surface area contributed by atoms with Gasteiger partial charge >= 0.3 is 0 Å². The number of fused-ring (bicyclic) bond motifs is 6. The maximum Gasteiger partial charge on any atom is 0.238 e. The number of rotatable bonds is 5. The van der Waals surface area contributed by atoms with Crippen LogP contribution in [0.25, 0.3) is 89.2 Å². The summed E-state index contributed by atoms with van der Waals surface area (Å²) in [6.07, 6.45) is 0. The number of benzene rings is 7. The second kappa shape index (κ2) is 11.4. The van der Waals surface area contributed by atoms with E-state index in [0.717, 1.165) is 60.4 Å². The van der Waals surface area contributed by atoms with E-state index in [1.807, 2.05) is 95.6 Å². The van der Waals surface area contributed by atoms with Crippen LogP contribution in [0.4, 0.5) is 0 Å². The molecule has 0 saturated carbocycles. The molecule has 3 aromatic heterocycles. The van der Waals surface area contributed by atoms with Crippen LogP contribution in [-0.2, 0) is 0 Å². The van der Waals surface area contributed by atoms with Crippen LogP contribution in [0.2, 0.25) is 0 Å². The Morgan fingerprint density at radius 2 is 0.940 bits per heavy atom. The molecule has 234 valence electrons. The minimum atomic E-state index is -0.482. The first-order chi connectivity index (χ1) is 26.9. The van der Waals surface area contributed by atoms with Crippen LogP contribution in [0.5, 0.6) is 0 Å². The molecule has 5 heteroatoms. The Morgan fingerprint density at radius 3 is 1.66 bits per heavy atom. The Kier molecular flexibility index (Phi) is 5.35. The lowest BCUT2D eigenvalue weighted by Crippen LogP contribution is -2.06. The molecule has 0 bridgehead atoms. The van der Waals surface area contributed by atoms with E-state index in [4.69, 9.17) is 21.8 Å². The lowest BCUT2D eigenvalue weighted by atomic mass is 10.0. The van der Waals surface area contributed by atoms with Crippen molar-refractivity contribution in [2.75, 3.05) is 0 Å². The molecular weight excluding hydrogens is 611 g/mol. The molecule has 0 N–H and O–H groups in total. The van der Waals surface area contributed by atoms with E-state index in [9.17, 15) is 0 Å². The first kappa shape index (κ1) is 23.5. The minimum absolute atomic E-state index is 0.0208. The maximum absolute atomic E-state index is 8.87. The second-order valence-corrected chi connectivity index (χ2v) is 12.2. The highest BCUT2D eigenvalue weighted by Gasteiger charge is 2.21. The molecule has 0 fully saturated rings. The largest absolute Gasteiger partial charge is 0.309 e. The molecular formula is C45H29N5. The van der Waals surface area contributed by atoms with E-state index < -0.39 is 18.1 Å². The number of aromatic nitrogens is 5. The quantitative estimate of drug-likeness (QED) is 0.187. The Balaban J connectivity index is 1.31. The van der Waals surface area contributed by atoms with Crippen LogP contribution in [0.1, 0.15) is 6.85 Å². The molecule has 50 heavy (non-hydrogen) atoms. The van der Waals surface area contributed by atoms with Crippen LogP contribution in [0, 0.1) is 0 Å². The van der Waals surface area contributed by atoms with Gasteiger partial charge in [-0.15, -0.1) is 0 Å². The van der Waals surface area contributed by atoms with Crippen LogP contribution in [0.15, 0.2) is 176 Å². The Hall–Kier alpha value is -6.85. The van der Waals surface area contributed by atoms with Crippen LogP contribution in [0.3, 0.4) is 0 Å². The zero-order valence-corrected chi connectivity index (χ0v) is 26.6. The van der Waals surface area contributed by atoms with E-state index in [-0.39, 0.29) is 29.4 Å². The van der Waals surface area contributed by atoms with Crippen LogP contribution < -0.4 is 0 Å². The van der Waals surface area contributed by atoms with Gasteiger partial charge in [0.1, 0.15) is 0 Å². The Morgan fingerprint density at radius 1 is 0.380 bits per heavy atom. The molecule has 10 rings (SSSR count). The fourth-order valence-corrected chi connectivity index (χ4v) is 7.04. The van der Waals surface area contributed by atoms with E-state index in [1.165, 1.54) is 0 Å². The third-order valence-corrected chi connectivity index (χ3v) is 9.26. The lowest BCUT2D eigenvalue weighted by Gasteiger charge is -2.12. The molecule has 0 unspecified atom stereocenters. The topological polar surface area (TPSA) is 48.5 Å². The van der Waals surface area contributed by atoms with E-state index in [2.05, 4.69) is 59.2 Å². The maximum atomic E-state index is 8.87. The van der Waals surface area contributed by atoms with Crippen molar-refractivity contribution in [2.24, 2.45) is 0 Å². The van der Waals surface area contributed by atoms with Gasteiger partial charge < -0.3 is 4.57 Å². The standard InChI is InChI=1S/C45H29N5/c1-4-15-30(16-5-1)32-19-14-20-33(27-32)44-46-43(31-17-6-2-7-18-31)47-45(48-44)50-40-26-13-11-24-36(40)38-28-37-35-23-10-12-25-39(35)49(41(37)29-42(38)50)34-21-8-3-9-22-34/h1-29H/i2D,6D,7D,17D,18D. The van der Waals surface area contributed by atoms with Crippen molar-refractivity contribution in [3.8, 4) is 45.5 Å². The highest BCUT2D eigenvalue weighted by atomic mass is 15.2. The molecule has 0 amide bonds. The first-order valence-electron chi connectivity index (χ1n) is 18.9. The van der Waals surface area contributed by atoms with Gasteiger partial charge in [-0.05, 0) is 53.6 Å². The molecule has 0 spiro atoms. The molecule has 0 saturated heterocycles. The van der Waals surface area contributed by atoms with Crippen LogP contribution in [-0.4, -0.2) is 24.1 Å². The summed E-state index contributed by atoms with van der Waals surface area (Å²) < 4.78 is 47.2. The van der Waals surface area contributed by atoms with Crippen molar-refractivity contribution < 1.29 is 6.85 Å². The van der Waals surface area contributed by atoms with Gasteiger partial charge in [-0.3, -0.25) is 4.57 Å². The van der Waals surface area contributed by atoms with Gasteiger partial charge in [0.2, 0.25) is 5.95 Å². The van der Waals surface area contributed by atoms with Gasteiger partial charge in [0.25, 0.3) is 0 Å². The van der Waals surface area contributed by atoms with Crippen molar-refractivity contribution in [3.63, 3.8) is 0 Å². The van der Waals surface area contributed by atoms with Crippen LogP contribution >= 0.6 is 0 Å². The summed E-state index contributed by atoms with van der Waals surface area (Å²) >= 11 is 0. The minimum Gasteiger partial charge on any atom is -0.309 e. The third kappa shape index (κ3) is 4.52. The molecule has 0 atom stereocenters. The normalized spacial score (nSPS) is 13.0. The summed E-state index contributed by atoms with van der Waals surface area (Å²) in [4.78, 5) is 14.9. The SMILES string of the molecule is [2H]c1c([2H])c([2H])c(-c2nc(-c3cccc(-c4ccccc4)c3)nc(-n3c4ccccc4c4cc5c6ccccc6n(-c6ccccc6)c5cc43)n2)c([2H])c1[2H]. The second-order valence-electron chi connectivity index (χ2n) is 12.2. The zero-order valence-electron chi connectivity index (χ0n) is 31.6. The van der Waals surface area contributed by atoms with Crippen molar-refractivity contribution >= 4 is 43.6 Å². The van der Waals surface area contributed by atoms with Gasteiger partial charge in [0.15, 0.2) is 11.6 Å². The molecule has 0 aliphatic rings. The molecule has 0 radical (unpaired) electrons. The third-order valence-electron chi connectivity index (χ3n) is 9.26. The summed E-state index contributed by atoms with van der Waals surface area (Å²) in [5.74, 6) is 0.535. The van der Waals surface area contributed by atoms with Crippen molar-refractivity contribution in [3.05, 3.63) is 176 Å². The number of para-hydroxylation sites is 3. The average molecular weight is 645 g/mol. The van der Waals surface area contributed by atoms with Crippen molar-refractivity contribution in [1.29, 1.82) is 0 Å². The summed E-state index contributed by atoms with van der Waals surface area (Å²) in [5, 5.41) is 4.22. The summed E-state index contributed by atoms with van der Waals surface area (Å²) in [6.45, 7) is 0. The molecule has 10 aromatic rings. The van der Waals surface area contributed by atoms with Gasteiger partial charge in [-0.1, -0.05) is 133 Å². The molecule has 3 heterocycles. The van der Waals surface area contributed by atoms with Crippen molar-refractivity contribution in [1.82, 2.24) is 24.1 Å².